The van der Waals surface area contributed by atoms with Crippen LogP contribution in [0.4, 0.5) is 0 Å². The maximum absolute atomic E-state index is 9.87. The molecule has 1 heterocycles. The number of fused-ring (bicyclic) bond motifs is 1. The van der Waals surface area contributed by atoms with Gasteiger partial charge in [-0.25, -0.2) is 0 Å². The summed E-state index contributed by atoms with van der Waals surface area (Å²) in [6.45, 7) is 1.86. The first-order valence-corrected chi connectivity index (χ1v) is 5.00. The van der Waals surface area contributed by atoms with Crippen molar-refractivity contribution in [3.05, 3.63) is 22.7 Å². The summed E-state index contributed by atoms with van der Waals surface area (Å²) < 4.78 is 10.5. The summed E-state index contributed by atoms with van der Waals surface area (Å²) in [6, 6.07) is 2.90. The van der Waals surface area contributed by atoms with E-state index >= 15 is 0 Å². The molecule has 0 aliphatic carbocycles. The van der Waals surface area contributed by atoms with Crippen molar-refractivity contribution in [2.45, 2.75) is 19.1 Å². The van der Waals surface area contributed by atoms with Crippen LogP contribution in [0.5, 0.6) is 11.5 Å². The molecule has 0 saturated heterocycles. The lowest BCUT2D eigenvalue weighted by molar-refractivity contribution is 0.142. The highest BCUT2D eigenvalue weighted by Gasteiger charge is 2.25. The van der Waals surface area contributed by atoms with E-state index in [0.29, 0.717) is 22.1 Å². The van der Waals surface area contributed by atoms with Gasteiger partial charge in [0.1, 0.15) is 0 Å². The van der Waals surface area contributed by atoms with E-state index in [1.165, 1.54) is 0 Å². The standard InChI is InChI=1S/C10H12ClNO3/c1-5(12)9(13)7-2-6(11)3-8-10(7)15-4-14-8/h2-3,5,9,13H,4,12H2,1H3. The summed E-state index contributed by atoms with van der Waals surface area (Å²) in [4.78, 5) is 0. The van der Waals surface area contributed by atoms with E-state index in [4.69, 9.17) is 26.8 Å². The van der Waals surface area contributed by atoms with Gasteiger partial charge >= 0.3 is 0 Å². The van der Waals surface area contributed by atoms with Gasteiger partial charge < -0.3 is 20.3 Å². The lowest BCUT2D eigenvalue weighted by atomic mass is 10.0. The van der Waals surface area contributed by atoms with E-state index in [9.17, 15) is 5.11 Å². The third-order valence-corrected chi connectivity index (χ3v) is 2.50. The molecule has 0 amide bonds. The molecular weight excluding hydrogens is 218 g/mol. The zero-order valence-electron chi connectivity index (χ0n) is 8.24. The van der Waals surface area contributed by atoms with E-state index in [0.717, 1.165) is 0 Å². The maximum Gasteiger partial charge on any atom is 0.231 e. The summed E-state index contributed by atoms with van der Waals surface area (Å²) in [5.41, 5.74) is 6.20. The lowest BCUT2D eigenvalue weighted by Gasteiger charge is -2.16. The topological polar surface area (TPSA) is 64.7 Å². The molecule has 2 rings (SSSR count). The molecule has 0 aromatic heterocycles. The quantitative estimate of drug-likeness (QED) is 0.806. The number of hydrogen-bond donors (Lipinski definition) is 2. The van der Waals surface area contributed by atoms with Crippen molar-refractivity contribution in [3.8, 4) is 11.5 Å². The molecular formula is C10H12ClNO3. The van der Waals surface area contributed by atoms with Gasteiger partial charge in [-0.2, -0.15) is 0 Å². The molecule has 2 unspecified atom stereocenters. The van der Waals surface area contributed by atoms with Crippen LogP contribution in [0.15, 0.2) is 12.1 Å². The molecule has 3 N–H and O–H groups in total. The Morgan fingerprint density at radius 1 is 1.47 bits per heavy atom. The second-order valence-corrected chi connectivity index (χ2v) is 3.97. The molecule has 2 atom stereocenters. The third-order valence-electron chi connectivity index (χ3n) is 2.28. The molecule has 1 aromatic carbocycles. The van der Waals surface area contributed by atoms with Crippen LogP contribution in [-0.4, -0.2) is 17.9 Å². The Bertz CT molecular complexity index is 381. The monoisotopic (exact) mass is 229 g/mol. The Balaban J connectivity index is 2.47. The average molecular weight is 230 g/mol. The first-order valence-electron chi connectivity index (χ1n) is 4.62. The Morgan fingerprint density at radius 3 is 2.87 bits per heavy atom. The van der Waals surface area contributed by atoms with Gasteiger partial charge in [0.15, 0.2) is 11.5 Å². The summed E-state index contributed by atoms with van der Waals surface area (Å²) in [5.74, 6) is 1.08. The molecule has 15 heavy (non-hydrogen) atoms. The van der Waals surface area contributed by atoms with Crippen LogP contribution < -0.4 is 15.2 Å². The van der Waals surface area contributed by atoms with Gasteiger partial charge in [-0.3, -0.25) is 0 Å². The van der Waals surface area contributed by atoms with Crippen LogP contribution in [-0.2, 0) is 0 Å². The summed E-state index contributed by atoms with van der Waals surface area (Å²) in [5, 5.41) is 10.4. The molecule has 5 heteroatoms. The first kappa shape index (κ1) is 10.5. The van der Waals surface area contributed by atoms with Gasteiger partial charge in [0.25, 0.3) is 0 Å². The van der Waals surface area contributed by atoms with Gasteiger partial charge in [-0.15, -0.1) is 0 Å². The van der Waals surface area contributed by atoms with Crippen LogP contribution in [0.25, 0.3) is 0 Å². The van der Waals surface area contributed by atoms with Crippen molar-refractivity contribution in [1.82, 2.24) is 0 Å². The van der Waals surface area contributed by atoms with Crippen molar-refractivity contribution in [1.29, 1.82) is 0 Å². The normalized spacial score (nSPS) is 17.6. The van der Waals surface area contributed by atoms with E-state index in [1.54, 1.807) is 19.1 Å². The van der Waals surface area contributed by atoms with Gasteiger partial charge in [0.2, 0.25) is 6.79 Å². The van der Waals surface area contributed by atoms with Crippen molar-refractivity contribution >= 4 is 11.6 Å². The van der Waals surface area contributed by atoms with Gasteiger partial charge in [-0.1, -0.05) is 11.6 Å². The van der Waals surface area contributed by atoms with Crippen LogP contribution in [0.2, 0.25) is 5.02 Å². The highest BCUT2D eigenvalue weighted by atomic mass is 35.5. The smallest absolute Gasteiger partial charge is 0.231 e. The lowest BCUT2D eigenvalue weighted by Crippen LogP contribution is -2.24. The SMILES string of the molecule is CC(N)C(O)c1cc(Cl)cc2c1OCO2. The van der Waals surface area contributed by atoms with Crippen molar-refractivity contribution in [2.75, 3.05) is 6.79 Å². The number of aliphatic hydroxyl groups excluding tert-OH is 1. The third kappa shape index (κ3) is 1.88. The average Bonchev–Trinajstić information content (AvgIpc) is 2.62. The van der Waals surface area contributed by atoms with E-state index < -0.39 is 12.1 Å². The Hall–Kier alpha value is -0.970. The number of benzene rings is 1. The fourth-order valence-corrected chi connectivity index (χ4v) is 1.72. The van der Waals surface area contributed by atoms with E-state index in [2.05, 4.69) is 0 Å². The molecule has 0 spiro atoms. The molecule has 1 aliphatic rings. The number of ether oxygens (including phenoxy) is 2. The van der Waals surface area contributed by atoms with E-state index in [1.807, 2.05) is 0 Å². The fourth-order valence-electron chi connectivity index (χ4n) is 1.51. The molecule has 4 nitrogen and oxygen atoms in total. The number of rotatable bonds is 2. The highest BCUT2D eigenvalue weighted by Crippen LogP contribution is 2.41. The predicted molar refractivity (Wildman–Crippen MR) is 56.2 cm³/mol. The number of halogens is 1. The van der Waals surface area contributed by atoms with Crippen molar-refractivity contribution < 1.29 is 14.6 Å². The van der Waals surface area contributed by atoms with Crippen LogP contribution >= 0.6 is 11.6 Å². The maximum atomic E-state index is 9.87. The molecule has 1 aromatic rings. The fraction of sp³-hybridized carbons (Fsp3) is 0.400. The zero-order valence-corrected chi connectivity index (χ0v) is 8.99. The molecule has 0 saturated carbocycles. The van der Waals surface area contributed by atoms with Crippen molar-refractivity contribution in [3.63, 3.8) is 0 Å². The van der Waals surface area contributed by atoms with Crippen molar-refractivity contribution in [2.24, 2.45) is 5.73 Å². The Kier molecular flexibility index (Phi) is 2.73. The van der Waals surface area contributed by atoms with Gasteiger partial charge in [-0.05, 0) is 13.0 Å². The summed E-state index contributed by atoms with van der Waals surface area (Å²) >= 11 is 5.89. The molecule has 0 bridgehead atoms. The molecule has 1 aliphatic heterocycles. The first-order chi connectivity index (χ1) is 7.09. The zero-order chi connectivity index (χ0) is 11.0. The number of aliphatic hydroxyl groups is 1. The molecule has 0 fully saturated rings. The van der Waals surface area contributed by atoms with Crippen LogP contribution in [0, 0.1) is 0 Å². The Morgan fingerprint density at radius 2 is 2.20 bits per heavy atom. The van der Waals surface area contributed by atoms with Crippen LogP contribution in [0.1, 0.15) is 18.6 Å². The van der Waals surface area contributed by atoms with Gasteiger partial charge in [0, 0.05) is 22.7 Å². The summed E-state index contributed by atoms with van der Waals surface area (Å²) in [6.07, 6.45) is -0.806. The Labute approximate surface area is 92.5 Å². The number of hydrogen-bond acceptors (Lipinski definition) is 4. The minimum absolute atomic E-state index is 0.147. The number of nitrogens with two attached hydrogens (primary N) is 1. The van der Waals surface area contributed by atoms with Crippen LogP contribution in [0.3, 0.4) is 0 Å². The van der Waals surface area contributed by atoms with Gasteiger partial charge in [0.05, 0.1) is 6.10 Å². The van der Waals surface area contributed by atoms with E-state index in [-0.39, 0.29) is 6.79 Å². The largest absolute Gasteiger partial charge is 0.454 e. The second-order valence-electron chi connectivity index (χ2n) is 3.53. The molecule has 0 radical (unpaired) electrons. The predicted octanol–water partition coefficient (Wildman–Crippen LogP) is 1.45. The minimum Gasteiger partial charge on any atom is -0.454 e. The molecule has 82 valence electrons. The highest BCUT2D eigenvalue weighted by molar-refractivity contribution is 6.30. The second kappa shape index (κ2) is 3.89. The summed E-state index contributed by atoms with van der Waals surface area (Å²) in [7, 11) is 0. The minimum atomic E-state index is -0.806.